The summed E-state index contributed by atoms with van der Waals surface area (Å²) in [6, 6.07) is 5.66. The summed E-state index contributed by atoms with van der Waals surface area (Å²) in [4.78, 5) is 0. The highest BCUT2D eigenvalue weighted by Crippen LogP contribution is 2.18. The topological polar surface area (TPSA) is 142 Å². The number of nitrogens with zero attached hydrogens (tertiary/aromatic N) is 6. The van der Waals surface area contributed by atoms with Gasteiger partial charge >= 0.3 is 0 Å². The normalized spacial score (nSPS) is 10.9. The lowest BCUT2D eigenvalue weighted by Crippen LogP contribution is -2.22. The average molecular weight is 273 g/mol. The fourth-order valence-electron chi connectivity index (χ4n) is 1.28. The molecular formula is C10H8FN9. The van der Waals surface area contributed by atoms with Crippen LogP contribution in [-0.4, -0.2) is 31.8 Å². The molecule has 1 aromatic heterocycles. The fourth-order valence-corrected chi connectivity index (χ4v) is 1.28. The van der Waals surface area contributed by atoms with E-state index in [0.717, 1.165) is 0 Å². The molecule has 0 amide bonds. The molecule has 0 aliphatic rings. The van der Waals surface area contributed by atoms with Gasteiger partial charge in [0.2, 0.25) is 5.71 Å². The van der Waals surface area contributed by atoms with Crippen LogP contribution in [0.5, 0.6) is 0 Å². The summed E-state index contributed by atoms with van der Waals surface area (Å²) in [7, 11) is 0. The maximum absolute atomic E-state index is 13.6. The van der Waals surface area contributed by atoms with Crippen molar-refractivity contribution in [3.05, 3.63) is 30.3 Å². The molecule has 0 spiro atoms. The number of benzene rings is 1. The Morgan fingerprint density at radius 1 is 1.55 bits per heavy atom. The van der Waals surface area contributed by atoms with Crippen molar-refractivity contribution in [2.45, 2.75) is 0 Å². The maximum atomic E-state index is 13.6. The molecule has 1 aromatic carbocycles. The molecule has 4 N–H and O–H groups in total. The van der Waals surface area contributed by atoms with Gasteiger partial charge in [-0.15, -0.1) is 5.10 Å². The molecule has 10 heteroatoms. The van der Waals surface area contributed by atoms with Gasteiger partial charge in [-0.1, -0.05) is 0 Å². The maximum Gasteiger partial charge on any atom is 0.201 e. The van der Waals surface area contributed by atoms with E-state index in [-0.39, 0.29) is 11.4 Å². The van der Waals surface area contributed by atoms with E-state index >= 15 is 0 Å². The monoisotopic (exact) mass is 273 g/mol. The zero-order valence-electron chi connectivity index (χ0n) is 9.95. The fraction of sp³-hybridized carbons (Fsp3) is 0. The van der Waals surface area contributed by atoms with Crippen molar-refractivity contribution < 1.29 is 4.39 Å². The van der Waals surface area contributed by atoms with Crippen molar-refractivity contribution in [2.75, 3.05) is 5.43 Å². The van der Waals surface area contributed by atoms with Crippen LogP contribution in [0.4, 0.5) is 10.1 Å². The lowest BCUT2D eigenvalue weighted by atomic mass is 10.2. The Morgan fingerprint density at radius 3 is 2.95 bits per heavy atom. The van der Waals surface area contributed by atoms with E-state index in [2.05, 4.69) is 26.1 Å². The van der Waals surface area contributed by atoms with E-state index in [9.17, 15) is 4.39 Å². The first kappa shape index (κ1) is 13.1. The predicted molar refractivity (Wildman–Crippen MR) is 67.7 cm³/mol. The highest BCUT2D eigenvalue weighted by Gasteiger charge is 2.07. The Hall–Kier alpha value is -3.35. The molecule has 0 atom stereocenters. The zero-order chi connectivity index (χ0) is 14.5. The molecule has 1 heterocycles. The second-order valence-corrected chi connectivity index (χ2v) is 3.52. The summed E-state index contributed by atoms with van der Waals surface area (Å²) in [6.07, 6.45) is 1.34. The molecule has 0 unspecified atom stereocenters. The number of nitriles is 1. The molecule has 0 radical (unpaired) electrons. The van der Waals surface area contributed by atoms with Gasteiger partial charge < -0.3 is 5.73 Å². The van der Waals surface area contributed by atoms with Crippen molar-refractivity contribution in [3.63, 3.8) is 0 Å². The molecule has 0 saturated carbocycles. The third kappa shape index (κ3) is 2.72. The number of nitrogens with two attached hydrogens (primary N) is 1. The van der Waals surface area contributed by atoms with Crippen LogP contribution in [0.25, 0.3) is 5.69 Å². The van der Waals surface area contributed by atoms with Gasteiger partial charge in [-0.05, 0) is 28.6 Å². The zero-order valence-corrected chi connectivity index (χ0v) is 9.95. The van der Waals surface area contributed by atoms with Crippen LogP contribution in [0.3, 0.4) is 0 Å². The average Bonchev–Trinajstić information content (AvgIpc) is 2.95. The molecule has 2 rings (SSSR count). The SMILES string of the molecule is N#C/C(=N\Nc1cc(-n2cnnn2)ccc1F)C(=N)N. The number of anilines is 1. The third-order valence-corrected chi connectivity index (χ3v) is 2.21. The van der Waals surface area contributed by atoms with E-state index < -0.39 is 11.7 Å². The Balaban J connectivity index is 2.31. The van der Waals surface area contributed by atoms with Crippen molar-refractivity contribution in [1.82, 2.24) is 20.2 Å². The van der Waals surface area contributed by atoms with Crippen molar-refractivity contribution in [3.8, 4) is 11.8 Å². The van der Waals surface area contributed by atoms with E-state index in [1.54, 1.807) is 6.07 Å². The summed E-state index contributed by atoms with van der Waals surface area (Å²) in [5.41, 5.74) is 7.60. The molecule has 0 fully saturated rings. The number of hydrogen-bond acceptors (Lipinski definition) is 7. The van der Waals surface area contributed by atoms with Gasteiger partial charge in [-0.3, -0.25) is 10.8 Å². The van der Waals surface area contributed by atoms with E-state index in [1.807, 2.05) is 0 Å². The van der Waals surface area contributed by atoms with Crippen LogP contribution >= 0.6 is 0 Å². The van der Waals surface area contributed by atoms with Crippen LogP contribution in [0.2, 0.25) is 0 Å². The molecule has 20 heavy (non-hydrogen) atoms. The summed E-state index contributed by atoms with van der Waals surface area (Å²) in [6.45, 7) is 0. The van der Waals surface area contributed by atoms with Crippen LogP contribution < -0.4 is 11.2 Å². The Bertz CT molecular complexity index is 698. The van der Waals surface area contributed by atoms with Crippen LogP contribution in [0.1, 0.15) is 0 Å². The molecule has 2 aromatic rings. The first-order valence-electron chi connectivity index (χ1n) is 5.23. The Kier molecular flexibility index (Phi) is 3.62. The van der Waals surface area contributed by atoms with Crippen LogP contribution in [0.15, 0.2) is 29.6 Å². The van der Waals surface area contributed by atoms with E-state index in [0.29, 0.717) is 5.69 Å². The highest BCUT2D eigenvalue weighted by molar-refractivity contribution is 6.45. The number of rotatable bonds is 4. The number of aromatic nitrogens is 4. The lowest BCUT2D eigenvalue weighted by molar-refractivity contribution is 0.629. The molecule has 100 valence electrons. The Labute approximate surface area is 112 Å². The first-order chi connectivity index (χ1) is 9.61. The standard InChI is InChI=1S/C10H8FN9/c11-7-2-1-6(20-5-15-18-19-20)3-8(7)16-17-9(4-12)10(13)14/h1-3,5,16H,(H3,13,14)/b17-9+. The second kappa shape index (κ2) is 5.53. The largest absolute Gasteiger partial charge is 0.382 e. The number of tetrazole rings is 1. The summed E-state index contributed by atoms with van der Waals surface area (Å²) < 4.78 is 14.9. The first-order valence-corrected chi connectivity index (χ1v) is 5.23. The van der Waals surface area contributed by atoms with Gasteiger partial charge in [0.05, 0.1) is 11.4 Å². The molecule has 0 saturated heterocycles. The minimum absolute atomic E-state index is 0.00741. The van der Waals surface area contributed by atoms with Crippen LogP contribution in [-0.2, 0) is 0 Å². The van der Waals surface area contributed by atoms with Gasteiger partial charge in [0.15, 0.2) is 5.84 Å². The van der Waals surface area contributed by atoms with Crippen molar-refractivity contribution in [2.24, 2.45) is 10.8 Å². The van der Waals surface area contributed by atoms with Gasteiger partial charge in [-0.2, -0.15) is 10.4 Å². The third-order valence-electron chi connectivity index (χ3n) is 2.21. The number of hydrogen-bond donors (Lipinski definition) is 3. The number of amidine groups is 1. The van der Waals surface area contributed by atoms with Gasteiger partial charge in [0.1, 0.15) is 18.2 Å². The minimum Gasteiger partial charge on any atom is -0.382 e. The summed E-state index contributed by atoms with van der Waals surface area (Å²) >= 11 is 0. The van der Waals surface area contributed by atoms with Crippen LogP contribution in [0, 0.1) is 22.6 Å². The van der Waals surface area contributed by atoms with Crippen molar-refractivity contribution in [1.29, 1.82) is 10.7 Å². The van der Waals surface area contributed by atoms with Gasteiger partial charge in [0.25, 0.3) is 0 Å². The molecule has 0 aliphatic heterocycles. The molecular weight excluding hydrogens is 265 g/mol. The van der Waals surface area contributed by atoms with Crippen molar-refractivity contribution >= 4 is 17.2 Å². The lowest BCUT2D eigenvalue weighted by Gasteiger charge is -2.05. The van der Waals surface area contributed by atoms with E-state index in [4.69, 9.17) is 16.4 Å². The predicted octanol–water partition coefficient (Wildman–Crippen LogP) is 0.0288. The summed E-state index contributed by atoms with van der Waals surface area (Å²) in [5.74, 6) is -1.11. The molecule has 9 nitrogen and oxygen atoms in total. The number of nitrogens with one attached hydrogen (secondary N) is 2. The molecule has 0 bridgehead atoms. The van der Waals surface area contributed by atoms with E-state index in [1.165, 1.54) is 29.2 Å². The number of hydrazone groups is 1. The number of halogens is 1. The Morgan fingerprint density at radius 2 is 2.35 bits per heavy atom. The minimum atomic E-state index is -0.591. The summed E-state index contributed by atoms with van der Waals surface area (Å²) in [5, 5.41) is 29.9. The van der Waals surface area contributed by atoms with Gasteiger partial charge in [0, 0.05) is 0 Å². The van der Waals surface area contributed by atoms with Gasteiger partial charge in [-0.25, -0.2) is 9.07 Å². The molecule has 0 aliphatic carbocycles. The quantitative estimate of drug-likeness (QED) is 0.407. The second-order valence-electron chi connectivity index (χ2n) is 3.52. The highest BCUT2D eigenvalue weighted by atomic mass is 19.1. The smallest absolute Gasteiger partial charge is 0.201 e.